The van der Waals surface area contributed by atoms with E-state index in [9.17, 15) is 9.59 Å². The summed E-state index contributed by atoms with van der Waals surface area (Å²) in [6.07, 6.45) is 3.69. The maximum absolute atomic E-state index is 13.4. The van der Waals surface area contributed by atoms with Gasteiger partial charge in [-0.25, -0.2) is 0 Å². The molecule has 30 heavy (non-hydrogen) atoms. The van der Waals surface area contributed by atoms with Gasteiger partial charge in [-0.2, -0.15) is 0 Å². The fourth-order valence-electron chi connectivity index (χ4n) is 6.47. The molecule has 6 rings (SSSR count). The monoisotopic (exact) mass is 408 g/mol. The summed E-state index contributed by atoms with van der Waals surface area (Å²) in [6.45, 7) is 4.33. The summed E-state index contributed by atoms with van der Waals surface area (Å²) >= 11 is 0. The van der Waals surface area contributed by atoms with Gasteiger partial charge in [0.2, 0.25) is 0 Å². The lowest BCUT2D eigenvalue weighted by molar-refractivity contribution is -0.188. The molecule has 1 aromatic heterocycles. The summed E-state index contributed by atoms with van der Waals surface area (Å²) < 4.78 is 13.2. The maximum atomic E-state index is 13.4. The first-order valence-corrected chi connectivity index (χ1v) is 10.6. The number of fused-ring (bicyclic) bond motifs is 4. The van der Waals surface area contributed by atoms with Crippen LogP contribution in [0.3, 0.4) is 0 Å². The van der Waals surface area contributed by atoms with Crippen LogP contribution in [0, 0.1) is 11.3 Å². The second-order valence-corrected chi connectivity index (χ2v) is 8.81. The van der Waals surface area contributed by atoms with E-state index in [0.717, 1.165) is 19.4 Å². The first-order valence-electron chi connectivity index (χ1n) is 10.6. The number of hydrogen-bond acceptors (Lipinski definition) is 5. The van der Waals surface area contributed by atoms with E-state index in [2.05, 4.69) is 46.9 Å². The van der Waals surface area contributed by atoms with Crippen molar-refractivity contribution in [2.75, 3.05) is 20.3 Å². The van der Waals surface area contributed by atoms with Gasteiger partial charge >= 0.3 is 11.9 Å². The lowest BCUT2D eigenvalue weighted by atomic mass is 9.55. The number of benzene rings is 1. The largest absolute Gasteiger partial charge is 0.468 e. The van der Waals surface area contributed by atoms with Gasteiger partial charge in [-0.3, -0.25) is 14.5 Å². The highest BCUT2D eigenvalue weighted by Gasteiger charge is 2.65. The Hall–Kier alpha value is -2.60. The summed E-state index contributed by atoms with van der Waals surface area (Å²) in [5, 5.41) is 1.25. The maximum Gasteiger partial charge on any atom is 0.317 e. The molecule has 3 fully saturated rings. The molecule has 2 aromatic rings. The SMILES string of the molecule is C/C=C1\CN2C3Cc4c(n(C)c5ccccc45)[C@@H]2C[C@@H]1C3(COC(C)=O)C(=O)OC. The summed E-state index contributed by atoms with van der Waals surface area (Å²) in [5.74, 6) is -0.639. The first kappa shape index (κ1) is 19.4. The van der Waals surface area contributed by atoms with Crippen LogP contribution in [0.2, 0.25) is 0 Å². The van der Waals surface area contributed by atoms with E-state index in [1.807, 2.05) is 6.92 Å². The third kappa shape index (κ3) is 2.34. The van der Waals surface area contributed by atoms with Crippen LogP contribution in [0.15, 0.2) is 35.9 Å². The number of esters is 2. The lowest BCUT2D eigenvalue weighted by Crippen LogP contribution is -2.70. The van der Waals surface area contributed by atoms with Gasteiger partial charge in [-0.15, -0.1) is 0 Å². The van der Waals surface area contributed by atoms with Crippen molar-refractivity contribution in [1.29, 1.82) is 0 Å². The number of aryl methyl sites for hydroxylation is 1. The van der Waals surface area contributed by atoms with Crippen molar-refractivity contribution in [3.05, 3.63) is 47.2 Å². The van der Waals surface area contributed by atoms with E-state index >= 15 is 0 Å². The third-order valence-electron chi connectivity index (χ3n) is 7.71. The second-order valence-electron chi connectivity index (χ2n) is 8.81. The van der Waals surface area contributed by atoms with Crippen molar-refractivity contribution in [3.8, 4) is 0 Å². The molecule has 6 nitrogen and oxygen atoms in total. The smallest absolute Gasteiger partial charge is 0.317 e. The molecule has 3 unspecified atom stereocenters. The van der Waals surface area contributed by atoms with Crippen LogP contribution in [-0.4, -0.2) is 47.7 Å². The Labute approximate surface area is 176 Å². The Kier molecular flexibility index (Phi) is 4.33. The van der Waals surface area contributed by atoms with Gasteiger partial charge in [0.05, 0.1) is 13.2 Å². The van der Waals surface area contributed by atoms with Gasteiger partial charge in [-0.05, 0) is 31.4 Å². The minimum Gasteiger partial charge on any atom is -0.468 e. The number of para-hydroxylation sites is 1. The molecule has 0 radical (unpaired) electrons. The highest BCUT2D eigenvalue weighted by Crippen LogP contribution is 2.60. The molecule has 0 saturated carbocycles. The van der Waals surface area contributed by atoms with Crippen LogP contribution >= 0.6 is 0 Å². The number of carbonyl (C=O) groups excluding carboxylic acids is 2. The predicted molar refractivity (Wildman–Crippen MR) is 113 cm³/mol. The number of rotatable bonds is 3. The number of allylic oxidation sites excluding steroid dienone is 1. The number of methoxy groups -OCH3 is 1. The van der Waals surface area contributed by atoms with Gasteiger partial charge in [-0.1, -0.05) is 29.8 Å². The van der Waals surface area contributed by atoms with Gasteiger partial charge in [0.15, 0.2) is 0 Å². The zero-order chi connectivity index (χ0) is 21.2. The summed E-state index contributed by atoms with van der Waals surface area (Å²) in [7, 11) is 3.59. The van der Waals surface area contributed by atoms with E-state index in [0.29, 0.717) is 0 Å². The summed E-state index contributed by atoms with van der Waals surface area (Å²) in [6, 6.07) is 8.67. The number of hydrogen-bond donors (Lipinski definition) is 0. The minimum atomic E-state index is -0.883. The van der Waals surface area contributed by atoms with Crippen LogP contribution < -0.4 is 0 Å². The Morgan fingerprint density at radius 2 is 2.07 bits per heavy atom. The molecular weight excluding hydrogens is 380 g/mol. The highest BCUT2D eigenvalue weighted by molar-refractivity contribution is 5.87. The fourth-order valence-corrected chi connectivity index (χ4v) is 6.47. The van der Waals surface area contributed by atoms with Crippen LogP contribution in [0.25, 0.3) is 10.9 Å². The molecular formula is C24H28N2O4. The zero-order valence-electron chi connectivity index (χ0n) is 18.0. The van der Waals surface area contributed by atoms with Gasteiger partial charge < -0.3 is 14.0 Å². The molecule has 5 heterocycles. The van der Waals surface area contributed by atoms with E-state index in [1.165, 1.54) is 41.8 Å². The van der Waals surface area contributed by atoms with Gasteiger partial charge in [0.25, 0.3) is 0 Å². The molecule has 4 bridgehead atoms. The van der Waals surface area contributed by atoms with Crippen molar-refractivity contribution in [3.63, 3.8) is 0 Å². The zero-order valence-corrected chi connectivity index (χ0v) is 18.0. The predicted octanol–water partition coefficient (Wildman–Crippen LogP) is 3.15. The Morgan fingerprint density at radius 3 is 2.77 bits per heavy atom. The quantitative estimate of drug-likeness (QED) is 0.577. The van der Waals surface area contributed by atoms with Crippen molar-refractivity contribution in [1.82, 2.24) is 9.47 Å². The minimum absolute atomic E-state index is 0.000428. The number of piperidine rings is 3. The summed E-state index contributed by atoms with van der Waals surface area (Å²) in [4.78, 5) is 27.6. The molecule has 158 valence electrons. The van der Waals surface area contributed by atoms with E-state index in [4.69, 9.17) is 9.47 Å². The van der Waals surface area contributed by atoms with E-state index < -0.39 is 5.41 Å². The second kappa shape index (κ2) is 6.71. The Bertz CT molecular complexity index is 1080. The molecule has 0 amide bonds. The van der Waals surface area contributed by atoms with E-state index in [1.54, 1.807) is 0 Å². The van der Waals surface area contributed by atoms with Crippen LogP contribution in [0.4, 0.5) is 0 Å². The Balaban J connectivity index is 1.72. The highest BCUT2D eigenvalue weighted by atomic mass is 16.5. The summed E-state index contributed by atoms with van der Waals surface area (Å²) in [5.41, 5.74) is 4.26. The van der Waals surface area contributed by atoms with Crippen LogP contribution in [-0.2, 0) is 32.5 Å². The normalized spacial score (nSPS) is 32.9. The van der Waals surface area contributed by atoms with Crippen molar-refractivity contribution < 1.29 is 19.1 Å². The van der Waals surface area contributed by atoms with Crippen molar-refractivity contribution >= 4 is 22.8 Å². The fraction of sp³-hybridized carbons (Fsp3) is 0.500. The number of aromatic nitrogens is 1. The van der Waals surface area contributed by atoms with Crippen LogP contribution in [0.5, 0.6) is 0 Å². The molecule has 5 atom stereocenters. The van der Waals surface area contributed by atoms with Crippen molar-refractivity contribution in [2.24, 2.45) is 18.4 Å². The number of nitrogens with zero attached hydrogens (tertiary/aromatic N) is 2. The third-order valence-corrected chi connectivity index (χ3v) is 7.71. The lowest BCUT2D eigenvalue weighted by Gasteiger charge is -2.62. The molecule has 1 aromatic carbocycles. The van der Waals surface area contributed by atoms with E-state index in [-0.39, 0.29) is 36.5 Å². The van der Waals surface area contributed by atoms with Gasteiger partial charge in [0, 0.05) is 49.1 Å². The van der Waals surface area contributed by atoms with Gasteiger partial charge in [0.1, 0.15) is 12.0 Å². The molecule has 0 spiro atoms. The van der Waals surface area contributed by atoms with Crippen LogP contribution in [0.1, 0.15) is 37.6 Å². The standard InChI is InChI=1S/C24H28N2O4/c1-5-15-12-26-20-11-18(15)24(23(28)29-4,13-30-14(2)27)21(26)10-17-16-8-6-7-9-19(16)25(3)22(17)20/h5-9,18,20-21H,10-13H2,1-4H3/b15-5+/t18-,20-,21?,24?/m0/s1. The molecule has 4 aliphatic rings. The average Bonchev–Trinajstić information content (AvgIpc) is 3.04. The number of carbonyl (C=O) groups is 2. The molecule has 0 N–H and O–H groups in total. The molecule has 3 saturated heterocycles. The average molecular weight is 408 g/mol. The topological polar surface area (TPSA) is 60.8 Å². The van der Waals surface area contributed by atoms with Crippen molar-refractivity contribution in [2.45, 2.75) is 38.8 Å². The first-order chi connectivity index (χ1) is 14.4. The number of ether oxygens (including phenoxy) is 2. The molecule has 6 heteroatoms. The molecule has 0 aliphatic carbocycles. The molecule has 4 aliphatic heterocycles. The Morgan fingerprint density at radius 1 is 1.30 bits per heavy atom.